The highest BCUT2D eigenvalue weighted by molar-refractivity contribution is 5.96. The van der Waals surface area contributed by atoms with E-state index in [4.69, 9.17) is 4.74 Å². The molecule has 0 spiro atoms. The van der Waals surface area contributed by atoms with Gasteiger partial charge in [0.25, 0.3) is 5.91 Å². The Hall–Kier alpha value is -2.41. The standard InChI is InChI=1S/C20H29N5O2/c1-4-27-19-17(8-5-9-22-19)20(26)25-11-6-7-16(15-25)18-21-10-12-24(18)14-13-23(2)3/h5,8-10,12,16H,4,6-7,11,13-15H2,1-3H3/t16-/m0/s1. The van der Waals surface area contributed by atoms with E-state index < -0.39 is 0 Å². The number of amides is 1. The van der Waals surface area contributed by atoms with Crippen LogP contribution in [0.2, 0.25) is 0 Å². The number of pyridine rings is 1. The van der Waals surface area contributed by atoms with Crippen LogP contribution < -0.4 is 4.74 Å². The first kappa shape index (κ1) is 19.4. The summed E-state index contributed by atoms with van der Waals surface area (Å²) in [6, 6.07) is 3.58. The van der Waals surface area contributed by atoms with Crippen molar-refractivity contribution in [3.8, 4) is 5.88 Å². The van der Waals surface area contributed by atoms with E-state index in [9.17, 15) is 4.79 Å². The normalized spacial score (nSPS) is 17.3. The number of nitrogens with zero attached hydrogens (tertiary/aromatic N) is 5. The van der Waals surface area contributed by atoms with E-state index >= 15 is 0 Å². The van der Waals surface area contributed by atoms with Crippen molar-refractivity contribution in [1.29, 1.82) is 0 Å². The molecular weight excluding hydrogens is 342 g/mol. The van der Waals surface area contributed by atoms with E-state index in [0.717, 1.165) is 38.3 Å². The first-order chi connectivity index (χ1) is 13.1. The largest absolute Gasteiger partial charge is 0.477 e. The summed E-state index contributed by atoms with van der Waals surface area (Å²) in [5.74, 6) is 1.74. The van der Waals surface area contributed by atoms with Crippen LogP contribution in [-0.4, -0.2) is 70.6 Å². The number of rotatable bonds is 7. The van der Waals surface area contributed by atoms with Crippen molar-refractivity contribution in [2.24, 2.45) is 0 Å². The Morgan fingerprint density at radius 2 is 2.19 bits per heavy atom. The number of piperidine rings is 1. The number of imidazole rings is 1. The van der Waals surface area contributed by atoms with Crippen molar-refractivity contribution in [2.45, 2.75) is 32.2 Å². The first-order valence-electron chi connectivity index (χ1n) is 9.63. The molecule has 0 radical (unpaired) electrons. The van der Waals surface area contributed by atoms with E-state index in [1.54, 1.807) is 18.3 Å². The van der Waals surface area contributed by atoms with Gasteiger partial charge >= 0.3 is 0 Å². The third kappa shape index (κ3) is 4.66. The van der Waals surface area contributed by atoms with Crippen LogP contribution >= 0.6 is 0 Å². The average Bonchev–Trinajstić information content (AvgIpc) is 3.15. The molecule has 27 heavy (non-hydrogen) atoms. The molecule has 2 aromatic heterocycles. The lowest BCUT2D eigenvalue weighted by atomic mass is 9.96. The molecule has 0 bridgehead atoms. The maximum absolute atomic E-state index is 13.1. The second-order valence-corrected chi connectivity index (χ2v) is 7.16. The SMILES string of the molecule is CCOc1ncccc1C(=O)N1CCC[C@H](c2nccn2CCN(C)C)C1. The van der Waals surface area contributed by atoms with E-state index in [1.165, 1.54) is 0 Å². The van der Waals surface area contributed by atoms with Crippen LogP contribution in [0.4, 0.5) is 0 Å². The van der Waals surface area contributed by atoms with Crippen molar-refractivity contribution in [3.05, 3.63) is 42.1 Å². The molecule has 0 N–H and O–H groups in total. The Kier molecular flexibility index (Phi) is 6.45. The Morgan fingerprint density at radius 1 is 1.33 bits per heavy atom. The summed E-state index contributed by atoms with van der Waals surface area (Å²) in [4.78, 5) is 26.0. The molecule has 0 aromatic carbocycles. The van der Waals surface area contributed by atoms with Gasteiger partial charge < -0.3 is 19.1 Å². The molecule has 7 heteroatoms. The zero-order valence-corrected chi connectivity index (χ0v) is 16.5. The van der Waals surface area contributed by atoms with Crippen LogP contribution in [-0.2, 0) is 6.54 Å². The molecular formula is C20H29N5O2. The first-order valence-corrected chi connectivity index (χ1v) is 9.63. The van der Waals surface area contributed by atoms with Crippen LogP contribution in [0.25, 0.3) is 0 Å². The van der Waals surface area contributed by atoms with Crippen molar-refractivity contribution in [1.82, 2.24) is 24.3 Å². The number of ether oxygens (including phenoxy) is 1. The maximum Gasteiger partial charge on any atom is 0.259 e. The maximum atomic E-state index is 13.1. The average molecular weight is 371 g/mol. The van der Waals surface area contributed by atoms with Gasteiger partial charge in [0.1, 0.15) is 11.4 Å². The fourth-order valence-corrected chi connectivity index (χ4v) is 3.53. The lowest BCUT2D eigenvalue weighted by Crippen LogP contribution is -2.40. The number of likely N-dealkylation sites (N-methyl/N-ethyl adjacent to an activating group) is 1. The summed E-state index contributed by atoms with van der Waals surface area (Å²) < 4.78 is 7.76. The van der Waals surface area contributed by atoms with Crippen LogP contribution in [0.1, 0.15) is 41.9 Å². The van der Waals surface area contributed by atoms with E-state index in [2.05, 4.69) is 33.5 Å². The highest BCUT2D eigenvalue weighted by atomic mass is 16.5. The molecule has 1 atom stereocenters. The van der Waals surface area contributed by atoms with Gasteiger partial charge in [-0.1, -0.05) is 0 Å². The summed E-state index contributed by atoms with van der Waals surface area (Å²) >= 11 is 0. The number of hydrogen-bond donors (Lipinski definition) is 0. The van der Waals surface area contributed by atoms with Gasteiger partial charge in [0.15, 0.2) is 0 Å². The van der Waals surface area contributed by atoms with Crippen LogP contribution in [0.5, 0.6) is 5.88 Å². The van der Waals surface area contributed by atoms with E-state index in [1.807, 2.05) is 24.2 Å². The summed E-state index contributed by atoms with van der Waals surface area (Å²) in [5.41, 5.74) is 0.538. The lowest BCUT2D eigenvalue weighted by Gasteiger charge is -2.33. The van der Waals surface area contributed by atoms with Crippen molar-refractivity contribution < 1.29 is 9.53 Å². The molecule has 0 saturated carbocycles. The summed E-state index contributed by atoms with van der Waals surface area (Å²) in [6.45, 7) is 5.69. The van der Waals surface area contributed by atoms with Gasteiger partial charge in [0, 0.05) is 50.7 Å². The number of hydrogen-bond acceptors (Lipinski definition) is 5. The number of carbonyl (C=O) groups excluding carboxylic acids is 1. The molecule has 1 aliphatic rings. The monoisotopic (exact) mass is 371 g/mol. The van der Waals surface area contributed by atoms with Crippen LogP contribution in [0.3, 0.4) is 0 Å². The minimum Gasteiger partial charge on any atom is -0.477 e. The highest BCUT2D eigenvalue weighted by Gasteiger charge is 2.29. The zero-order valence-electron chi connectivity index (χ0n) is 16.5. The second-order valence-electron chi connectivity index (χ2n) is 7.16. The number of aromatic nitrogens is 3. The zero-order chi connectivity index (χ0) is 19.2. The second kappa shape index (κ2) is 8.99. The molecule has 0 aliphatic carbocycles. The molecule has 2 aromatic rings. The molecule has 7 nitrogen and oxygen atoms in total. The molecule has 1 saturated heterocycles. The highest BCUT2D eigenvalue weighted by Crippen LogP contribution is 2.28. The van der Waals surface area contributed by atoms with Gasteiger partial charge in [0.05, 0.1) is 6.61 Å². The molecule has 1 fully saturated rings. The molecule has 1 amide bonds. The Bertz CT molecular complexity index is 758. The summed E-state index contributed by atoms with van der Waals surface area (Å²) in [7, 11) is 4.14. The molecule has 146 valence electrons. The van der Waals surface area contributed by atoms with Gasteiger partial charge in [-0.15, -0.1) is 0 Å². The van der Waals surface area contributed by atoms with Gasteiger partial charge in [-0.3, -0.25) is 4.79 Å². The van der Waals surface area contributed by atoms with Crippen LogP contribution in [0, 0.1) is 0 Å². The quantitative estimate of drug-likeness (QED) is 0.747. The fraction of sp³-hybridized carbons (Fsp3) is 0.550. The van der Waals surface area contributed by atoms with E-state index in [-0.39, 0.29) is 11.8 Å². The van der Waals surface area contributed by atoms with Gasteiger partial charge in [-0.2, -0.15) is 0 Å². The Balaban J connectivity index is 1.73. The van der Waals surface area contributed by atoms with Crippen molar-refractivity contribution >= 4 is 5.91 Å². The number of carbonyl (C=O) groups is 1. The Morgan fingerprint density at radius 3 is 2.96 bits per heavy atom. The van der Waals surface area contributed by atoms with Crippen molar-refractivity contribution in [3.63, 3.8) is 0 Å². The van der Waals surface area contributed by atoms with Gasteiger partial charge in [-0.05, 0) is 46.0 Å². The predicted octanol–water partition coefficient (Wildman–Crippen LogP) is 2.26. The van der Waals surface area contributed by atoms with Crippen molar-refractivity contribution in [2.75, 3.05) is 40.3 Å². The molecule has 1 aliphatic heterocycles. The summed E-state index contributed by atoms with van der Waals surface area (Å²) in [5, 5.41) is 0. The summed E-state index contributed by atoms with van der Waals surface area (Å²) in [6.07, 6.45) is 7.58. The molecule has 3 heterocycles. The molecule has 3 rings (SSSR count). The fourth-order valence-electron chi connectivity index (χ4n) is 3.53. The topological polar surface area (TPSA) is 63.5 Å². The predicted molar refractivity (Wildman–Crippen MR) is 104 cm³/mol. The number of likely N-dealkylation sites (tertiary alicyclic amines) is 1. The molecule has 0 unspecified atom stereocenters. The van der Waals surface area contributed by atoms with Gasteiger partial charge in [-0.25, -0.2) is 9.97 Å². The van der Waals surface area contributed by atoms with Gasteiger partial charge in [0.2, 0.25) is 5.88 Å². The van der Waals surface area contributed by atoms with Crippen LogP contribution in [0.15, 0.2) is 30.7 Å². The minimum atomic E-state index is -0.0114. The third-order valence-corrected chi connectivity index (χ3v) is 4.89. The lowest BCUT2D eigenvalue weighted by molar-refractivity contribution is 0.0698. The third-order valence-electron chi connectivity index (χ3n) is 4.89. The smallest absolute Gasteiger partial charge is 0.259 e. The minimum absolute atomic E-state index is 0.0114. The van der Waals surface area contributed by atoms with E-state index in [0.29, 0.717) is 24.6 Å². The Labute approximate surface area is 161 Å².